The van der Waals surface area contributed by atoms with E-state index in [4.69, 9.17) is 21.6 Å². The van der Waals surface area contributed by atoms with Gasteiger partial charge in [-0.3, -0.25) is 0 Å². The van der Waals surface area contributed by atoms with Crippen LogP contribution < -0.4 is 4.74 Å². The number of nitrogens with zero attached hydrogens (tertiary/aromatic N) is 1. The number of benzene rings is 2. The van der Waals surface area contributed by atoms with Crippen LogP contribution in [0.25, 0.3) is 0 Å². The van der Waals surface area contributed by atoms with Crippen molar-refractivity contribution in [3.8, 4) is 11.8 Å². The molecule has 0 fully saturated rings. The SMILES string of the molecule is Cc1cc(C)c(COc2cccc(Cl)c2C#N)c(C)c1. The molecule has 2 aromatic rings. The van der Waals surface area contributed by atoms with Gasteiger partial charge in [-0.05, 0) is 49.6 Å². The summed E-state index contributed by atoms with van der Waals surface area (Å²) in [4.78, 5) is 0. The summed E-state index contributed by atoms with van der Waals surface area (Å²) in [5.74, 6) is 0.527. The average molecular weight is 286 g/mol. The van der Waals surface area contributed by atoms with E-state index in [9.17, 15) is 0 Å². The highest BCUT2D eigenvalue weighted by Gasteiger charge is 2.09. The third-order valence-electron chi connectivity index (χ3n) is 3.30. The fourth-order valence-corrected chi connectivity index (χ4v) is 2.53. The Morgan fingerprint density at radius 3 is 2.40 bits per heavy atom. The van der Waals surface area contributed by atoms with Crippen LogP contribution in [0.2, 0.25) is 5.02 Å². The fourth-order valence-electron chi connectivity index (χ4n) is 2.32. The predicted octanol–water partition coefficient (Wildman–Crippen LogP) is 4.72. The Morgan fingerprint density at radius 2 is 1.80 bits per heavy atom. The van der Waals surface area contributed by atoms with Crippen LogP contribution in [-0.2, 0) is 6.61 Å². The molecule has 2 aromatic carbocycles. The number of halogens is 1. The van der Waals surface area contributed by atoms with Gasteiger partial charge in [0.05, 0.1) is 5.02 Å². The van der Waals surface area contributed by atoms with Gasteiger partial charge < -0.3 is 4.74 Å². The van der Waals surface area contributed by atoms with E-state index in [0.29, 0.717) is 22.9 Å². The number of aryl methyl sites for hydroxylation is 3. The molecule has 0 unspecified atom stereocenters. The summed E-state index contributed by atoms with van der Waals surface area (Å²) in [5.41, 5.74) is 5.17. The Kier molecular flexibility index (Phi) is 4.32. The van der Waals surface area contributed by atoms with Crippen molar-refractivity contribution in [2.45, 2.75) is 27.4 Å². The largest absolute Gasteiger partial charge is 0.487 e. The maximum atomic E-state index is 9.13. The maximum absolute atomic E-state index is 9.13. The molecule has 0 heterocycles. The third kappa shape index (κ3) is 2.95. The monoisotopic (exact) mass is 285 g/mol. The van der Waals surface area contributed by atoms with Gasteiger partial charge in [0, 0.05) is 0 Å². The standard InChI is InChI=1S/C17H16ClNO/c1-11-7-12(2)15(13(3)8-11)10-20-17-6-4-5-16(18)14(17)9-19/h4-8H,10H2,1-3H3. The summed E-state index contributed by atoms with van der Waals surface area (Å²) >= 11 is 5.99. The van der Waals surface area contributed by atoms with Gasteiger partial charge in [-0.15, -0.1) is 0 Å². The Balaban J connectivity index is 2.27. The molecule has 0 amide bonds. The van der Waals surface area contributed by atoms with E-state index in [1.54, 1.807) is 18.2 Å². The van der Waals surface area contributed by atoms with Gasteiger partial charge in [-0.25, -0.2) is 0 Å². The normalized spacial score (nSPS) is 10.2. The van der Waals surface area contributed by atoms with E-state index < -0.39 is 0 Å². The summed E-state index contributed by atoms with van der Waals surface area (Å²) in [6.45, 7) is 6.66. The zero-order valence-corrected chi connectivity index (χ0v) is 12.6. The fraction of sp³-hybridized carbons (Fsp3) is 0.235. The van der Waals surface area contributed by atoms with Gasteiger partial charge in [0.2, 0.25) is 0 Å². The first-order valence-corrected chi connectivity index (χ1v) is 6.79. The highest BCUT2D eigenvalue weighted by Crippen LogP contribution is 2.27. The second-order valence-electron chi connectivity index (χ2n) is 4.89. The van der Waals surface area contributed by atoms with Crippen LogP contribution in [0.4, 0.5) is 0 Å². The van der Waals surface area contributed by atoms with Gasteiger partial charge in [0.25, 0.3) is 0 Å². The van der Waals surface area contributed by atoms with Crippen LogP contribution in [-0.4, -0.2) is 0 Å². The zero-order chi connectivity index (χ0) is 14.7. The smallest absolute Gasteiger partial charge is 0.139 e. The topological polar surface area (TPSA) is 33.0 Å². The molecule has 3 heteroatoms. The van der Waals surface area contributed by atoms with Gasteiger partial charge in [-0.2, -0.15) is 5.26 Å². The van der Waals surface area contributed by atoms with Crippen molar-refractivity contribution in [2.24, 2.45) is 0 Å². The summed E-state index contributed by atoms with van der Waals surface area (Å²) in [7, 11) is 0. The van der Waals surface area contributed by atoms with Gasteiger partial charge in [0.1, 0.15) is 24.0 Å². The minimum Gasteiger partial charge on any atom is -0.487 e. The van der Waals surface area contributed by atoms with Crippen LogP contribution in [0.15, 0.2) is 30.3 Å². The molecule has 2 nitrogen and oxygen atoms in total. The molecule has 102 valence electrons. The first kappa shape index (κ1) is 14.4. The lowest BCUT2D eigenvalue weighted by Gasteiger charge is -2.13. The Morgan fingerprint density at radius 1 is 1.15 bits per heavy atom. The molecule has 2 rings (SSSR count). The molecule has 0 saturated carbocycles. The lowest BCUT2D eigenvalue weighted by atomic mass is 10.0. The van der Waals surface area contributed by atoms with Crippen molar-refractivity contribution in [1.29, 1.82) is 5.26 Å². The molecule has 0 atom stereocenters. The van der Waals surface area contributed by atoms with E-state index in [1.165, 1.54) is 16.7 Å². The molecule has 0 aliphatic rings. The van der Waals surface area contributed by atoms with Crippen molar-refractivity contribution in [3.63, 3.8) is 0 Å². The average Bonchev–Trinajstić information content (AvgIpc) is 2.37. The quantitative estimate of drug-likeness (QED) is 0.818. The van der Waals surface area contributed by atoms with Gasteiger partial charge >= 0.3 is 0 Å². The Labute approximate surface area is 124 Å². The molecule has 0 radical (unpaired) electrons. The van der Waals surface area contributed by atoms with E-state index in [-0.39, 0.29) is 0 Å². The molecular formula is C17H16ClNO. The minimum absolute atomic E-state index is 0.386. The number of hydrogen-bond donors (Lipinski definition) is 0. The molecule has 0 saturated heterocycles. The number of ether oxygens (including phenoxy) is 1. The van der Waals surface area contributed by atoms with Crippen LogP contribution in [0.5, 0.6) is 5.75 Å². The molecule has 0 aliphatic carbocycles. The minimum atomic E-state index is 0.386. The number of rotatable bonds is 3. The Bertz CT molecular complexity index is 663. The molecule has 0 spiro atoms. The molecule has 0 N–H and O–H groups in total. The Hall–Kier alpha value is -1.98. The number of hydrogen-bond acceptors (Lipinski definition) is 2. The highest BCUT2D eigenvalue weighted by atomic mass is 35.5. The highest BCUT2D eigenvalue weighted by molar-refractivity contribution is 6.31. The second-order valence-corrected chi connectivity index (χ2v) is 5.30. The van der Waals surface area contributed by atoms with E-state index in [0.717, 1.165) is 5.56 Å². The van der Waals surface area contributed by atoms with E-state index in [1.807, 2.05) is 0 Å². The van der Waals surface area contributed by atoms with Crippen molar-refractivity contribution in [2.75, 3.05) is 0 Å². The van der Waals surface area contributed by atoms with E-state index >= 15 is 0 Å². The molecule has 0 aromatic heterocycles. The van der Waals surface area contributed by atoms with Crippen LogP contribution in [0.3, 0.4) is 0 Å². The van der Waals surface area contributed by atoms with E-state index in [2.05, 4.69) is 39.0 Å². The third-order valence-corrected chi connectivity index (χ3v) is 3.61. The number of nitriles is 1. The summed E-state index contributed by atoms with van der Waals surface area (Å²) < 4.78 is 5.79. The van der Waals surface area contributed by atoms with Gasteiger partial charge in [-0.1, -0.05) is 35.4 Å². The lowest BCUT2D eigenvalue weighted by molar-refractivity contribution is 0.303. The first-order chi connectivity index (χ1) is 9.52. The second kappa shape index (κ2) is 5.98. The zero-order valence-electron chi connectivity index (χ0n) is 11.8. The summed E-state index contributed by atoms with van der Waals surface area (Å²) in [6.07, 6.45) is 0. The lowest BCUT2D eigenvalue weighted by Crippen LogP contribution is -2.02. The molecule has 0 bridgehead atoms. The molecular weight excluding hydrogens is 270 g/mol. The summed E-state index contributed by atoms with van der Waals surface area (Å²) in [5, 5.41) is 9.55. The van der Waals surface area contributed by atoms with Crippen LogP contribution in [0.1, 0.15) is 27.8 Å². The van der Waals surface area contributed by atoms with Crippen molar-refractivity contribution < 1.29 is 4.74 Å². The van der Waals surface area contributed by atoms with Crippen LogP contribution in [0, 0.1) is 32.1 Å². The van der Waals surface area contributed by atoms with Gasteiger partial charge in [0.15, 0.2) is 0 Å². The van der Waals surface area contributed by atoms with Crippen molar-refractivity contribution >= 4 is 11.6 Å². The summed E-state index contributed by atoms with van der Waals surface area (Å²) in [6, 6.07) is 11.6. The molecule has 20 heavy (non-hydrogen) atoms. The van der Waals surface area contributed by atoms with Crippen molar-refractivity contribution in [1.82, 2.24) is 0 Å². The first-order valence-electron chi connectivity index (χ1n) is 6.41. The predicted molar refractivity (Wildman–Crippen MR) is 81.2 cm³/mol. The van der Waals surface area contributed by atoms with Crippen LogP contribution >= 0.6 is 11.6 Å². The van der Waals surface area contributed by atoms with Crippen molar-refractivity contribution in [3.05, 3.63) is 63.2 Å². The maximum Gasteiger partial charge on any atom is 0.139 e. The molecule has 0 aliphatic heterocycles.